The Morgan fingerprint density at radius 2 is 1.46 bits per heavy atom. The second-order valence-corrected chi connectivity index (χ2v) is 7.17. The van der Waals surface area contributed by atoms with Gasteiger partial charge in [0, 0.05) is 0 Å². The third-order valence-electron chi connectivity index (χ3n) is 5.15. The van der Waals surface area contributed by atoms with E-state index in [0.717, 1.165) is 33.6 Å². The summed E-state index contributed by atoms with van der Waals surface area (Å²) in [7, 11) is 0. The van der Waals surface area contributed by atoms with Crippen LogP contribution in [0.5, 0.6) is 5.75 Å². The molecule has 28 heavy (non-hydrogen) atoms. The van der Waals surface area contributed by atoms with Gasteiger partial charge in [-0.3, -0.25) is 4.79 Å². The molecule has 0 aliphatic carbocycles. The largest absolute Gasteiger partial charge is 0.481 e. The first-order valence-corrected chi connectivity index (χ1v) is 9.61. The minimum absolute atomic E-state index is 0.141. The Morgan fingerprint density at radius 1 is 0.821 bits per heavy atom. The van der Waals surface area contributed by atoms with Crippen molar-refractivity contribution in [2.24, 2.45) is 0 Å². The minimum Gasteiger partial charge on any atom is -0.481 e. The normalized spacial score (nSPS) is 12.9. The number of benzene rings is 3. The van der Waals surface area contributed by atoms with Crippen LogP contribution >= 0.6 is 0 Å². The molecule has 144 valence electrons. The maximum atomic E-state index is 13.0. The molecule has 3 rings (SSSR count). The van der Waals surface area contributed by atoms with E-state index in [9.17, 15) is 4.79 Å². The highest BCUT2D eigenvalue weighted by atomic mass is 16.5. The van der Waals surface area contributed by atoms with Crippen molar-refractivity contribution >= 4 is 5.91 Å². The number of carbonyl (C=O) groups is 1. The molecule has 0 heterocycles. The summed E-state index contributed by atoms with van der Waals surface area (Å²) in [6.07, 6.45) is -0.601. The van der Waals surface area contributed by atoms with Crippen molar-refractivity contribution in [3.63, 3.8) is 0 Å². The molecule has 0 saturated carbocycles. The summed E-state index contributed by atoms with van der Waals surface area (Å²) in [6.45, 7) is 7.90. The van der Waals surface area contributed by atoms with Gasteiger partial charge in [-0.05, 0) is 61.6 Å². The Labute approximate surface area is 167 Å². The van der Waals surface area contributed by atoms with E-state index in [0.29, 0.717) is 0 Å². The van der Waals surface area contributed by atoms with Crippen LogP contribution in [0.4, 0.5) is 0 Å². The lowest BCUT2D eigenvalue weighted by molar-refractivity contribution is -0.127. The Balaban J connectivity index is 1.83. The summed E-state index contributed by atoms with van der Waals surface area (Å²) in [6, 6.07) is 23.8. The molecular formula is C25H27NO2. The molecule has 0 aromatic heterocycles. The number of rotatable bonds is 6. The van der Waals surface area contributed by atoms with Gasteiger partial charge in [0.2, 0.25) is 0 Å². The highest BCUT2D eigenvalue weighted by molar-refractivity contribution is 5.81. The fourth-order valence-electron chi connectivity index (χ4n) is 3.25. The molecule has 0 radical (unpaired) electrons. The van der Waals surface area contributed by atoms with Crippen LogP contribution in [-0.4, -0.2) is 12.0 Å². The number of nitrogens with one attached hydrogen (secondary N) is 1. The first-order chi connectivity index (χ1) is 13.5. The number of hydrogen-bond acceptors (Lipinski definition) is 2. The molecule has 1 amide bonds. The van der Waals surface area contributed by atoms with Gasteiger partial charge in [0.05, 0.1) is 6.04 Å². The quantitative estimate of drug-likeness (QED) is 0.638. The van der Waals surface area contributed by atoms with Crippen molar-refractivity contribution in [3.8, 4) is 5.75 Å². The summed E-state index contributed by atoms with van der Waals surface area (Å²) in [5.41, 5.74) is 5.47. The molecule has 0 bridgehead atoms. The molecule has 3 heteroatoms. The maximum Gasteiger partial charge on any atom is 0.261 e. The van der Waals surface area contributed by atoms with Crippen LogP contribution in [0.3, 0.4) is 0 Å². The third kappa shape index (κ3) is 4.42. The standard InChI is InChI=1S/C25H27NO2/c1-17-12-10-16-23(19(17)3)28-20(4)25(27)26-24(21-13-6-5-7-14-21)22-15-9-8-11-18(22)2/h5-16,20,24H,1-4H3,(H,26,27)/t20-,24-/m1/s1. The molecule has 2 atom stereocenters. The number of carbonyl (C=O) groups excluding carboxylic acids is 1. The second-order valence-electron chi connectivity index (χ2n) is 7.17. The van der Waals surface area contributed by atoms with E-state index in [2.05, 4.69) is 24.4 Å². The van der Waals surface area contributed by atoms with Gasteiger partial charge in [-0.15, -0.1) is 0 Å². The van der Waals surface area contributed by atoms with Crippen LogP contribution in [0.15, 0.2) is 72.8 Å². The van der Waals surface area contributed by atoms with E-state index in [1.165, 1.54) is 0 Å². The molecule has 0 saturated heterocycles. The number of hydrogen-bond donors (Lipinski definition) is 1. The zero-order chi connectivity index (χ0) is 20.1. The lowest BCUT2D eigenvalue weighted by Gasteiger charge is -2.24. The van der Waals surface area contributed by atoms with Crippen molar-refractivity contribution in [2.75, 3.05) is 0 Å². The van der Waals surface area contributed by atoms with Crippen molar-refractivity contribution in [1.29, 1.82) is 0 Å². The van der Waals surface area contributed by atoms with Crippen LogP contribution in [0, 0.1) is 20.8 Å². The number of aryl methyl sites for hydroxylation is 2. The molecule has 3 aromatic carbocycles. The summed E-state index contributed by atoms with van der Waals surface area (Å²) >= 11 is 0. The molecular weight excluding hydrogens is 346 g/mol. The zero-order valence-corrected chi connectivity index (χ0v) is 16.9. The van der Waals surface area contributed by atoms with Gasteiger partial charge in [0.25, 0.3) is 5.91 Å². The third-order valence-corrected chi connectivity index (χ3v) is 5.15. The molecule has 1 N–H and O–H groups in total. The monoisotopic (exact) mass is 373 g/mol. The SMILES string of the molecule is Cc1ccccc1[C@H](NC(=O)[C@@H](C)Oc1cccc(C)c1C)c1ccccc1. The number of ether oxygens (including phenoxy) is 1. The van der Waals surface area contributed by atoms with Gasteiger partial charge >= 0.3 is 0 Å². The van der Waals surface area contributed by atoms with Crippen molar-refractivity contribution < 1.29 is 9.53 Å². The van der Waals surface area contributed by atoms with E-state index in [4.69, 9.17) is 4.74 Å². The Morgan fingerprint density at radius 3 is 2.18 bits per heavy atom. The van der Waals surface area contributed by atoms with Crippen LogP contribution < -0.4 is 10.1 Å². The smallest absolute Gasteiger partial charge is 0.261 e. The van der Waals surface area contributed by atoms with Crippen LogP contribution in [0.1, 0.15) is 40.8 Å². The predicted molar refractivity (Wildman–Crippen MR) is 114 cm³/mol. The van der Waals surface area contributed by atoms with E-state index in [-0.39, 0.29) is 11.9 Å². The summed E-state index contributed by atoms with van der Waals surface area (Å²) in [5.74, 6) is 0.604. The molecule has 0 aliphatic heterocycles. The van der Waals surface area contributed by atoms with Crippen LogP contribution in [0.25, 0.3) is 0 Å². The fraction of sp³-hybridized carbons (Fsp3) is 0.240. The minimum atomic E-state index is -0.601. The van der Waals surface area contributed by atoms with Crippen LogP contribution in [0.2, 0.25) is 0 Å². The van der Waals surface area contributed by atoms with Gasteiger partial charge in [-0.2, -0.15) is 0 Å². The van der Waals surface area contributed by atoms with Crippen molar-refractivity contribution in [3.05, 3.63) is 101 Å². The van der Waals surface area contributed by atoms with E-state index in [1.54, 1.807) is 6.92 Å². The number of amides is 1. The summed E-state index contributed by atoms with van der Waals surface area (Å²) in [4.78, 5) is 13.0. The van der Waals surface area contributed by atoms with Gasteiger partial charge < -0.3 is 10.1 Å². The average molecular weight is 373 g/mol. The van der Waals surface area contributed by atoms with Gasteiger partial charge in [-0.25, -0.2) is 0 Å². The average Bonchev–Trinajstić information content (AvgIpc) is 2.70. The molecule has 0 aliphatic rings. The molecule has 0 unspecified atom stereocenters. The van der Waals surface area contributed by atoms with Crippen molar-refractivity contribution in [1.82, 2.24) is 5.32 Å². The lowest BCUT2D eigenvalue weighted by atomic mass is 9.95. The maximum absolute atomic E-state index is 13.0. The molecule has 0 spiro atoms. The van der Waals surface area contributed by atoms with Gasteiger partial charge in [-0.1, -0.05) is 66.7 Å². The fourth-order valence-corrected chi connectivity index (χ4v) is 3.25. The summed E-state index contributed by atoms with van der Waals surface area (Å²) in [5, 5.41) is 3.18. The first kappa shape index (κ1) is 19.7. The Bertz CT molecular complexity index is 950. The molecule has 0 fully saturated rings. The lowest BCUT2D eigenvalue weighted by Crippen LogP contribution is -2.39. The summed E-state index contributed by atoms with van der Waals surface area (Å²) < 4.78 is 5.98. The van der Waals surface area contributed by atoms with E-state index < -0.39 is 6.10 Å². The topological polar surface area (TPSA) is 38.3 Å². The first-order valence-electron chi connectivity index (χ1n) is 9.61. The second kappa shape index (κ2) is 8.75. The zero-order valence-electron chi connectivity index (χ0n) is 16.9. The van der Waals surface area contributed by atoms with E-state index >= 15 is 0 Å². The Hall–Kier alpha value is -3.07. The highest BCUT2D eigenvalue weighted by Crippen LogP contribution is 2.26. The molecule has 3 nitrogen and oxygen atoms in total. The van der Waals surface area contributed by atoms with E-state index in [1.807, 2.05) is 74.5 Å². The highest BCUT2D eigenvalue weighted by Gasteiger charge is 2.23. The van der Waals surface area contributed by atoms with Gasteiger partial charge in [0.15, 0.2) is 6.10 Å². The Kier molecular flexibility index (Phi) is 6.15. The predicted octanol–water partition coefficient (Wildman–Crippen LogP) is 5.28. The van der Waals surface area contributed by atoms with Crippen molar-refractivity contribution in [2.45, 2.75) is 39.8 Å². The molecule has 3 aromatic rings. The van der Waals surface area contributed by atoms with Gasteiger partial charge in [0.1, 0.15) is 5.75 Å². The van der Waals surface area contributed by atoms with Crippen LogP contribution in [-0.2, 0) is 4.79 Å².